The van der Waals surface area contributed by atoms with E-state index in [1.165, 1.54) is 11.3 Å². The van der Waals surface area contributed by atoms with Gasteiger partial charge in [0.2, 0.25) is 6.41 Å². The molecule has 2 aromatic carbocycles. The van der Waals surface area contributed by atoms with Gasteiger partial charge < -0.3 is 15.6 Å². The van der Waals surface area contributed by atoms with E-state index in [1.54, 1.807) is 18.0 Å². The Hall–Kier alpha value is -3.36. The van der Waals surface area contributed by atoms with Gasteiger partial charge in [-0.25, -0.2) is 4.98 Å². The van der Waals surface area contributed by atoms with Crippen molar-refractivity contribution in [2.24, 2.45) is 0 Å². The van der Waals surface area contributed by atoms with Crippen molar-refractivity contribution in [2.45, 2.75) is 0 Å². The van der Waals surface area contributed by atoms with Crippen molar-refractivity contribution in [1.82, 2.24) is 15.3 Å². The van der Waals surface area contributed by atoms with E-state index in [2.05, 4.69) is 20.6 Å². The highest BCUT2D eigenvalue weighted by Crippen LogP contribution is 2.32. The Morgan fingerprint density at radius 1 is 1.19 bits per heavy atom. The summed E-state index contributed by atoms with van der Waals surface area (Å²) in [4.78, 5) is 30.9. The van der Waals surface area contributed by atoms with Crippen LogP contribution < -0.4 is 10.6 Å². The van der Waals surface area contributed by atoms with Gasteiger partial charge in [0, 0.05) is 23.6 Å². The molecule has 2 aromatic heterocycles. The Balaban J connectivity index is 1.58. The van der Waals surface area contributed by atoms with Gasteiger partial charge in [-0.2, -0.15) is 0 Å². The molecule has 156 valence electrons. The average molecular weight is 449 g/mol. The molecule has 4 aromatic rings. The molecule has 0 fully saturated rings. The maximum atomic E-state index is 12.7. The first kappa shape index (κ1) is 20.9. The van der Waals surface area contributed by atoms with Crippen molar-refractivity contribution in [3.8, 4) is 11.1 Å². The number of thioether (sulfide) groups is 1. The minimum atomic E-state index is -0.121. The van der Waals surface area contributed by atoms with E-state index in [1.807, 2.05) is 66.3 Å². The third-order valence-electron chi connectivity index (χ3n) is 4.67. The smallest absolute Gasteiger partial charge is 0.253 e. The summed E-state index contributed by atoms with van der Waals surface area (Å²) in [5.41, 5.74) is 4.38. The molecule has 0 unspecified atom stereocenters. The predicted molar refractivity (Wildman–Crippen MR) is 131 cm³/mol. The molecule has 0 saturated heterocycles. The third-order valence-corrected chi connectivity index (χ3v) is 6.05. The van der Waals surface area contributed by atoms with Crippen molar-refractivity contribution in [3.63, 3.8) is 0 Å². The standard InChI is InChI=1S/C23H20N4O2S2/c1-30-10-4-2-3-9-24-22(29)18-13-25-19-7-5-15(11-17(18)19)16-6-8-20-21(12-16)31-23(27-20)26-14-28/h2-8,10-14,25H,9H2,1H3,(H,24,29)(H,26,27,28)/b3-2+,10-4-. The first-order valence-electron chi connectivity index (χ1n) is 9.54. The maximum absolute atomic E-state index is 12.7. The first-order chi connectivity index (χ1) is 15.2. The van der Waals surface area contributed by atoms with E-state index >= 15 is 0 Å². The largest absolute Gasteiger partial charge is 0.360 e. The Morgan fingerprint density at radius 3 is 2.87 bits per heavy atom. The number of carbonyl (C=O) groups excluding carboxylic acids is 2. The van der Waals surface area contributed by atoms with E-state index in [4.69, 9.17) is 0 Å². The van der Waals surface area contributed by atoms with Crippen LogP contribution in [0.3, 0.4) is 0 Å². The van der Waals surface area contributed by atoms with E-state index in [0.29, 0.717) is 23.6 Å². The van der Waals surface area contributed by atoms with Crippen LogP contribution in [0.5, 0.6) is 0 Å². The Kier molecular flexibility index (Phi) is 6.49. The number of amides is 2. The lowest BCUT2D eigenvalue weighted by Gasteiger charge is -2.04. The number of benzene rings is 2. The Morgan fingerprint density at radius 2 is 2.03 bits per heavy atom. The van der Waals surface area contributed by atoms with Gasteiger partial charge in [0.05, 0.1) is 15.8 Å². The van der Waals surface area contributed by atoms with E-state index in [9.17, 15) is 9.59 Å². The number of H-pyrrole nitrogens is 1. The molecule has 0 bridgehead atoms. The van der Waals surface area contributed by atoms with Crippen LogP contribution in [0.2, 0.25) is 0 Å². The minimum Gasteiger partial charge on any atom is -0.360 e. The van der Waals surface area contributed by atoms with Crippen LogP contribution >= 0.6 is 23.1 Å². The molecular weight excluding hydrogens is 428 g/mol. The number of allylic oxidation sites excluding steroid dienone is 2. The summed E-state index contributed by atoms with van der Waals surface area (Å²) in [7, 11) is 0. The number of nitrogens with one attached hydrogen (secondary N) is 3. The van der Waals surface area contributed by atoms with Crippen molar-refractivity contribution in [2.75, 3.05) is 18.1 Å². The molecular formula is C23H20N4O2S2. The summed E-state index contributed by atoms with van der Waals surface area (Å²) in [5.74, 6) is -0.121. The zero-order valence-corrected chi connectivity index (χ0v) is 18.3. The lowest BCUT2D eigenvalue weighted by Crippen LogP contribution is -2.22. The number of aromatic nitrogens is 2. The monoisotopic (exact) mass is 448 g/mol. The predicted octanol–water partition coefficient (Wildman–Crippen LogP) is 5.18. The fraction of sp³-hybridized carbons (Fsp3) is 0.0870. The molecule has 2 heterocycles. The lowest BCUT2D eigenvalue weighted by molar-refractivity contribution is -0.105. The van der Waals surface area contributed by atoms with Gasteiger partial charge in [0.15, 0.2) is 5.13 Å². The molecule has 0 aliphatic rings. The summed E-state index contributed by atoms with van der Waals surface area (Å²) in [6.07, 6.45) is 10.1. The number of nitrogens with zero attached hydrogens (tertiary/aromatic N) is 1. The normalized spacial score (nSPS) is 11.6. The molecule has 0 aliphatic carbocycles. The summed E-state index contributed by atoms with van der Waals surface area (Å²) < 4.78 is 0.983. The zero-order chi connectivity index (χ0) is 21.6. The second-order valence-corrected chi connectivity index (χ2v) is 8.40. The maximum Gasteiger partial charge on any atom is 0.253 e. The molecule has 6 nitrogen and oxygen atoms in total. The van der Waals surface area contributed by atoms with E-state index < -0.39 is 0 Å². The minimum absolute atomic E-state index is 0.121. The van der Waals surface area contributed by atoms with Gasteiger partial charge in [-0.3, -0.25) is 9.59 Å². The highest BCUT2D eigenvalue weighted by molar-refractivity contribution is 8.01. The van der Waals surface area contributed by atoms with Crippen molar-refractivity contribution in [1.29, 1.82) is 0 Å². The molecule has 2 amide bonds. The van der Waals surface area contributed by atoms with Crippen LogP contribution in [0, 0.1) is 0 Å². The lowest BCUT2D eigenvalue weighted by atomic mass is 10.0. The number of carbonyl (C=O) groups is 2. The highest BCUT2D eigenvalue weighted by atomic mass is 32.2. The molecule has 0 radical (unpaired) electrons. The highest BCUT2D eigenvalue weighted by Gasteiger charge is 2.13. The number of rotatable bonds is 8. The first-order valence-corrected chi connectivity index (χ1v) is 11.6. The molecule has 0 atom stereocenters. The van der Waals surface area contributed by atoms with Gasteiger partial charge in [0.1, 0.15) is 0 Å². The summed E-state index contributed by atoms with van der Waals surface area (Å²) in [6, 6.07) is 12.0. The van der Waals surface area contributed by atoms with E-state index in [-0.39, 0.29) is 5.91 Å². The van der Waals surface area contributed by atoms with Crippen LogP contribution in [-0.2, 0) is 4.79 Å². The summed E-state index contributed by atoms with van der Waals surface area (Å²) >= 11 is 3.05. The Bertz CT molecular complexity index is 1300. The van der Waals surface area contributed by atoms with Crippen LogP contribution in [-0.4, -0.2) is 35.1 Å². The topological polar surface area (TPSA) is 86.9 Å². The molecule has 0 saturated carbocycles. The summed E-state index contributed by atoms with van der Waals surface area (Å²) in [5, 5.41) is 8.93. The Labute approximate surface area is 187 Å². The fourth-order valence-electron chi connectivity index (χ4n) is 3.22. The molecule has 8 heteroatoms. The molecule has 0 aliphatic heterocycles. The van der Waals surface area contributed by atoms with Crippen LogP contribution in [0.4, 0.5) is 5.13 Å². The van der Waals surface area contributed by atoms with Gasteiger partial charge in [-0.05, 0) is 47.1 Å². The summed E-state index contributed by atoms with van der Waals surface area (Å²) in [6.45, 7) is 0.461. The van der Waals surface area contributed by atoms with Crippen LogP contribution in [0.25, 0.3) is 32.2 Å². The number of fused-ring (bicyclic) bond motifs is 2. The van der Waals surface area contributed by atoms with Gasteiger partial charge in [-0.1, -0.05) is 41.7 Å². The number of hydrogen-bond acceptors (Lipinski definition) is 5. The third kappa shape index (κ3) is 4.70. The molecule has 3 N–H and O–H groups in total. The van der Waals surface area contributed by atoms with Gasteiger partial charge in [0.25, 0.3) is 5.91 Å². The van der Waals surface area contributed by atoms with Gasteiger partial charge >= 0.3 is 0 Å². The zero-order valence-electron chi connectivity index (χ0n) is 16.7. The van der Waals surface area contributed by atoms with E-state index in [0.717, 1.165) is 32.2 Å². The molecule has 4 rings (SSSR count). The fourth-order valence-corrected chi connectivity index (χ4v) is 4.33. The number of hydrogen-bond donors (Lipinski definition) is 3. The number of aromatic amines is 1. The van der Waals surface area contributed by atoms with Crippen LogP contribution in [0.15, 0.2) is 66.2 Å². The molecule has 0 spiro atoms. The SMILES string of the molecule is CS/C=C\C=C\CNC(=O)c1c[nH]c2ccc(-c3ccc4nc(NC=O)sc4c3)cc12. The molecule has 31 heavy (non-hydrogen) atoms. The average Bonchev–Trinajstić information content (AvgIpc) is 3.38. The number of anilines is 1. The second kappa shape index (κ2) is 9.63. The second-order valence-electron chi connectivity index (χ2n) is 6.63. The van der Waals surface area contributed by atoms with Crippen LogP contribution in [0.1, 0.15) is 10.4 Å². The van der Waals surface area contributed by atoms with Gasteiger partial charge in [-0.15, -0.1) is 11.8 Å². The van der Waals surface area contributed by atoms with Crippen molar-refractivity contribution < 1.29 is 9.59 Å². The van der Waals surface area contributed by atoms with Crippen molar-refractivity contribution in [3.05, 3.63) is 71.8 Å². The van der Waals surface area contributed by atoms with Crippen molar-refractivity contribution >= 4 is 61.7 Å². The quantitative estimate of drug-likeness (QED) is 0.256. The number of thiazole rings is 1.